The Bertz CT molecular complexity index is 1010. The Morgan fingerprint density at radius 3 is 2.65 bits per heavy atom. The van der Waals surface area contributed by atoms with Gasteiger partial charge in [-0.15, -0.1) is 0 Å². The van der Waals surface area contributed by atoms with Crippen molar-refractivity contribution in [3.63, 3.8) is 0 Å². The van der Waals surface area contributed by atoms with Gasteiger partial charge in [0.15, 0.2) is 5.82 Å². The molecule has 31 heavy (non-hydrogen) atoms. The fourth-order valence-corrected chi connectivity index (χ4v) is 4.62. The monoisotopic (exact) mass is 425 g/mol. The lowest BCUT2D eigenvalue weighted by molar-refractivity contribution is -0.127. The number of piperidine rings is 1. The zero-order valence-corrected chi connectivity index (χ0v) is 18.2. The van der Waals surface area contributed by atoms with Gasteiger partial charge in [-0.1, -0.05) is 12.1 Å². The van der Waals surface area contributed by atoms with Gasteiger partial charge in [0.2, 0.25) is 11.8 Å². The lowest BCUT2D eigenvalue weighted by Crippen LogP contribution is -2.43. The minimum Gasteiger partial charge on any atom is -0.356 e. The quantitative estimate of drug-likeness (QED) is 0.683. The van der Waals surface area contributed by atoms with E-state index in [0.717, 1.165) is 37.0 Å². The van der Waals surface area contributed by atoms with E-state index in [1.165, 1.54) is 0 Å². The third kappa shape index (κ3) is 4.57. The number of hydrogen-bond acceptors (Lipinski definition) is 5. The normalized spacial score (nSPS) is 17.5. The minimum atomic E-state index is -0.0689. The predicted molar refractivity (Wildman–Crippen MR) is 120 cm³/mol. The summed E-state index contributed by atoms with van der Waals surface area (Å²) in [6.45, 7) is 6.00. The van der Waals surface area contributed by atoms with Crippen LogP contribution in [-0.2, 0) is 16.1 Å². The second kappa shape index (κ2) is 9.49. The third-order valence-corrected chi connectivity index (χ3v) is 6.39. The molecule has 2 amide bonds. The summed E-state index contributed by atoms with van der Waals surface area (Å²) < 4.78 is 1.77. The number of nitrogens with zero attached hydrogens (tertiary/aromatic N) is 4. The van der Waals surface area contributed by atoms with Crippen LogP contribution in [0, 0.1) is 5.92 Å². The van der Waals surface area contributed by atoms with Crippen LogP contribution in [0.2, 0.25) is 0 Å². The van der Waals surface area contributed by atoms with E-state index < -0.39 is 0 Å². The molecule has 1 aromatic heterocycles. The first-order chi connectivity index (χ1) is 15.1. The molecule has 4 rings (SSSR count). The summed E-state index contributed by atoms with van der Waals surface area (Å²) in [6.07, 6.45) is 3.79. The fourth-order valence-electron chi connectivity index (χ4n) is 4.62. The number of amides is 2. The van der Waals surface area contributed by atoms with Gasteiger partial charge >= 0.3 is 0 Å². The summed E-state index contributed by atoms with van der Waals surface area (Å²) in [7, 11) is 0. The lowest BCUT2D eigenvalue weighted by Gasteiger charge is -2.32. The summed E-state index contributed by atoms with van der Waals surface area (Å²) in [5.41, 5.74) is 1.60. The number of fused-ring (bicyclic) bond motifs is 1. The number of aromatic nitrogens is 2. The van der Waals surface area contributed by atoms with E-state index in [1.54, 1.807) is 4.57 Å². The van der Waals surface area contributed by atoms with Crippen LogP contribution < -0.4 is 15.8 Å². The van der Waals surface area contributed by atoms with E-state index in [4.69, 9.17) is 0 Å². The molecule has 0 atom stereocenters. The number of aryl methyl sites for hydroxylation is 1. The summed E-state index contributed by atoms with van der Waals surface area (Å²) >= 11 is 0. The summed E-state index contributed by atoms with van der Waals surface area (Å²) in [6, 6.07) is 7.70. The first kappa shape index (κ1) is 21.3. The number of rotatable bonds is 7. The van der Waals surface area contributed by atoms with Crippen LogP contribution in [0.5, 0.6) is 0 Å². The lowest BCUT2D eigenvalue weighted by atomic mass is 9.96. The second-order valence-corrected chi connectivity index (χ2v) is 8.36. The van der Waals surface area contributed by atoms with Crippen molar-refractivity contribution in [2.45, 2.75) is 45.6 Å². The van der Waals surface area contributed by atoms with Crippen LogP contribution in [0.4, 0.5) is 5.82 Å². The molecule has 0 unspecified atom stereocenters. The fraction of sp³-hybridized carbons (Fsp3) is 0.565. The van der Waals surface area contributed by atoms with Crippen molar-refractivity contribution in [3.8, 4) is 0 Å². The maximum Gasteiger partial charge on any atom is 0.293 e. The maximum absolute atomic E-state index is 13.0. The number of nitrogens with one attached hydrogen (secondary N) is 1. The molecule has 0 aliphatic carbocycles. The smallest absolute Gasteiger partial charge is 0.293 e. The highest BCUT2D eigenvalue weighted by Gasteiger charge is 2.27. The summed E-state index contributed by atoms with van der Waals surface area (Å²) in [4.78, 5) is 45.7. The summed E-state index contributed by atoms with van der Waals surface area (Å²) in [5, 5.41) is 3.02. The number of benzene rings is 1. The van der Waals surface area contributed by atoms with E-state index in [-0.39, 0.29) is 23.3 Å². The van der Waals surface area contributed by atoms with Crippen LogP contribution in [0.1, 0.15) is 39.0 Å². The van der Waals surface area contributed by atoms with Crippen molar-refractivity contribution in [1.82, 2.24) is 19.8 Å². The maximum atomic E-state index is 13.0. The molecule has 0 saturated carbocycles. The zero-order valence-electron chi connectivity index (χ0n) is 18.2. The van der Waals surface area contributed by atoms with Gasteiger partial charge in [0.1, 0.15) is 0 Å². The zero-order chi connectivity index (χ0) is 21.8. The van der Waals surface area contributed by atoms with Gasteiger partial charge in [-0.05, 0) is 44.7 Å². The Kier molecular flexibility index (Phi) is 6.53. The first-order valence-electron chi connectivity index (χ1n) is 11.4. The van der Waals surface area contributed by atoms with Gasteiger partial charge in [0.05, 0.1) is 11.0 Å². The molecule has 2 aromatic rings. The largest absolute Gasteiger partial charge is 0.356 e. The molecule has 0 radical (unpaired) electrons. The van der Waals surface area contributed by atoms with Crippen LogP contribution in [-0.4, -0.2) is 59.0 Å². The molecule has 8 nitrogen and oxygen atoms in total. The van der Waals surface area contributed by atoms with Crippen LogP contribution in [0.3, 0.4) is 0 Å². The summed E-state index contributed by atoms with van der Waals surface area (Å²) in [5.74, 6) is 0.737. The van der Waals surface area contributed by atoms with Crippen molar-refractivity contribution >= 4 is 28.7 Å². The molecule has 2 aliphatic rings. The van der Waals surface area contributed by atoms with Crippen LogP contribution in [0.25, 0.3) is 11.0 Å². The van der Waals surface area contributed by atoms with E-state index in [2.05, 4.69) is 10.3 Å². The number of hydrogen-bond donors (Lipinski definition) is 1. The van der Waals surface area contributed by atoms with E-state index in [1.807, 2.05) is 41.0 Å². The van der Waals surface area contributed by atoms with E-state index in [0.29, 0.717) is 51.3 Å². The Balaban J connectivity index is 1.31. The van der Waals surface area contributed by atoms with E-state index in [9.17, 15) is 14.4 Å². The second-order valence-electron chi connectivity index (χ2n) is 8.36. The molecule has 8 heteroatoms. The van der Waals surface area contributed by atoms with E-state index >= 15 is 0 Å². The molecule has 3 heterocycles. The van der Waals surface area contributed by atoms with Crippen LogP contribution in [0.15, 0.2) is 29.1 Å². The van der Waals surface area contributed by atoms with Crippen molar-refractivity contribution in [1.29, 1.82) is 0 Å². The number of likely N-dealkylation sites (tertiary alicyclic amines) is 1. The first-order valence-corrected chi connectivity index (χ1v) is 11.4. The standard InChI is InChI=1S/C23H31N5O3/c1-2-28-19-8-4-3-7-18(19)25-21(23(28)31)27-15-10-17(11-16-27)22(30)24-12-6-14-26-13-5-9-20(26)29/h3-4,7-8,17H,2,5-6,9-16H2,1H3,(H,24,30). The number of para-hydroxylation sites is 2. The molecule has 2 fully saturated rings. The molecular weight excluding hydrogens is 394 g/mol. The molecule has 2 aliphatic heterocycles. The third-order valence-electron chi connectivity index (χ3n) is 6.39. The van der Waals surface area contributed by atoms with Gasteiger partial charge < -0.3 is 19.7 Å². The topological polar surface area (TPSA) is 87.5 Å². The minimum absolute atomic E-state index is 0.0430. The number of anilines is 1. The Morgan fingerprint density at radius 1 is 1.16 bits per heavy atom. The highest BCUT2D eigenvalue weighted by molar-refractivity contribution is 5.79. The van der Waals surface area contributed by atoms with Gasteiger partial charge in [-0.3, -0.25) is 14.4 Å². The molecule has 166 valence electrons. The van der Waals surface area contributed by atoms with Gasteiger partial charge in [-0.25, -0.2) is 4.98 Å². The average Bonchev–Trinajstić information content (AvgIpc) is 3.21. The Labute approximate surface area is 182 Å². The van der Waals surface area contributed by atoms with Crippen LogP contribution >= 0.6 is 0 Å². The average molecular weight is 426 g/mol. The van der Waals surface area contributed by atoms with Crippen molar-refractivity contribution < 1.29 is 9.59 Å². The molecule has 1 aromatic carbocycles. The molecule has 1 N–H and O–H groups in total. The van der Waals surface area contributed by atoms with Gasteiger partial charge in [-0.2, -0.15) is 0 Å². The molecular formula is C23H31N5O3. The van der Waals surface area contributed by atoms with Crippen molar-refractivity contribution in [3.05, 3.63) is 34.6 Å². The van der Waals surface area contributed by atoms with Crippen molar-refractivity contribution in [2.24, 2.45) is 5.92 Å². The Hall–Kier alpha value is -2.90. The highest BCUT2D eigenvalue weighted by Crippen LogP contribution is 2.22. The highest BCUT2D eigenvalue weighted by atomic mass is 16.2. The van der Waals surface area contributed by atoms with Crippen molar-refractivity contribution in [2.75, 3.05) is 37.6 Å². The van der Waals surface area contributed by atoms with Gasteiger partial charge in [0.25, 0.3) is 5.56 Å². The number of carbonyl (C=O) groups excluding carboxylic acids is 2. The Morgan fingerprint density at radius 2 is 1.94 bits per heavy atom. The number of carbonyl (C=O) groups is 2. The SMILES string of the molecule is CCn1c(=O)c(N2CCC(C(=O)NCCCN3CCCC3=O)CC2)nc2ccccc21. The predicted octanol–water partition coefficient (Wildman–Crippen LogP) is 1.76. The molecule has 2 saturated heterocycles. The molecule has 0 spiro atoms. The molecule has 0 bridgehead atoms. The van der Waals surface area contributed by atoms with Gasteiger partial charge in [0, 0.05) is 51.6 Å².